The molecule has 1 atom stereocenters. The SMILES string of the molecule is CCCOC(=O)c1ccc(NC(=O)COC(=O)[C@H]2CC(=O)N(c3ccc(C)c([N+](=O)[O-])c3)C2)cc1. The Kier molecular flexibility index (Phi) is 8.13. The molecule has 1 heterocycles. The summed E-state index contributed by atoms with van der Waals surface area (Å²) in [6, 6.07) is 10.5. The molecule has 2 amide bonds. The zero-order chi connectivity index (χ0) is 25.5. The Hall–Kier alpha value is -4.28. The van der Waals surface area contributed by atoms with Crippen LogP contribution in [0.1, 0.15) is 35.7 Å². The molecule has 0 saturated carbocycles. The number of carbonyl (C=O) groups excluding carboxylic acids is 4. The number of ether oxygens (including phenoxy) is 2. The summed E-state index contributed by atoms with van der Waals surface area (Å²) in [5.41, 5.74) is 1.41. The molecule has 2 aromatic carbocycles. The Balaban J connectivity index is 1.51. The maximum absolute atomic E-state index is 12.4. The van der Waals surface area contributed by atoms with Gasteiger partial charge < -0.3 is 19.7 Å². The van der Waals surface area contributed by atoms with Crippen molar-refractivity contribution in [1.29, 1.82) is 0 Å². The fraction of sp³-hybridized carbons (Fsp3) is 0.333. The van der Waals surface area contributed by atoms with Crippen molar-refractivity contribution in [1.82, 2.24) is 0 Å². The van der Waals surface area contributed by atoms with Crippen LogP contribution in [0, 0.1) is 23.0 Å². The van der Waals surface area contributed by atoms with Gasteiger partial charge in [-0.3, -0.25) is 24.5 Å². The number of hydrogen-bond acceptors (Lipinski definition) is 8. The van der Waals surface area contributed by atoms with E-state index in [0.29, 0.717) is 35.5 Å². The van der Waals surface area contributed by atoms with Crippen molar-refractivity contribution in [2.45, 2.75) is 26.7 Å². The Morgan fingerprint density at radius 3 is 2.51 bits per heavy atom. The van der Waals surface area contributed by atoms with Gasteiger partial charge in [-0.05, 0) is 43.7 Å². The summed E-state index contributed by atoms with van der Waals surface area (Å²) < 4.78 is 10.1. The molecule has 184 valence electrons. The van der Waals surface area contributed by atoms with E-state index in [-0.39, 0.29) is 24.6 Å². The van der Waals surface area contributed by atoms with E-state index in [9.17, 15) is 29.3 Å². The van der Waals surface area contributed by atoms with E-state index in [2.05, 4.69) is 5.32 Å². The van der Waals surface area contributed by atoms with Crippen LogP contribution < -0.4 is 10.2 Å². The predicted octanol–water partition coefficient (Wildman–Crippen LogP) is 3.00. The fourth-order valence-electron chi connectivity index (χ4n) is 3.50. The van der Waals surface area contributed by atoms with Gasteiger partial charge in [0, 0.05) is 30.3 Å². The van der Waals surface area contributed by atoms with Crippen molar-refractivity contribution >= 4 is 40.8 Å². The van der Waals surface area contributed by atoms with E-state index >= 15 is 0 Å². The number of aryl methyl sites for hydroxylation is 1. The van der Waals surface area contributed by atoms with Gasteiger partial charge in [-0.15, -0.1) is 0 Å². The summed E-state index contributed by atoms with van der Waals surface area (Å²) >= 11 is 0. The number of amides is 2. The Bertz CT molecular complexity index is 1150. The van der Waals surface area contributed by atoms with Crippen LogP contribution in [-0.2, 0) is 23.9 Å². The zero-order valence-corrected chi connectivity index (χ0v) is 19.3. The van der Waals surface area contributed by atoms with E-state index in [1.807, 2.05) is 6.92 Å². The maximum Gasteiger partial charge on any atom is 0.338 e. The Labute approximate surface area is 201 Å². The van der Waals surface area contributed by atoms with Crippen molar-refractivity contribution in [2.24, 2.45) is 5.92 Å². The number of nitrogens with one attached hydrogen (secondary N) is 1. The predicted molar refractivity (Wildman–Crippen MR) is 125 cm³/mol. The number of nitro groups is 1. The zero-order valence-electron chi connectivity index (χ0n) is 19.3. The van der Waals surface area contributed by atoms with Crippen LogP contribution in [0.25, 0.3) is 0 Å². The molecule has 3 rings (SSSR count). The van der Waals surface area contributed by atoms with E-state index in [1.165, 1.54) is 41.3 Å². The Morgan fingerprint density at radius 2 is 1.86 bits per heavy atom. The molecule has 0 radical (unpaired) electrons. The quantitative estimate of drug-likeness (QED) is 0.325. The minimum absolute atomic E-state index is 0.00487. The smallest absolute Gasteiger partial charge is 0.338 e. The molecule has 1 fully saturated rings. The normalized spacial score (nSPS) is 15.0. The molecular formula is C24H25N3O8. The third kappa shape index (κ3) is 6.40. The van der Waals surface area contributed by atoms with Crippen molar-refractivity contribution < 1.29 is 33.6 Å². The lowest BCUT2D eigenvalue weighted by molar-refractivity contribution is -0.385. The minimum Gasteiger partial charge on any atom is -0.462 e. The van der Waals surface area contributed by atoms with Crippen LogP contribution in [0.3, 0.4) is 0 Å². The molecule has 1 aliphatic heterocycles. The molecule has 0 unspecified atom stereocenters. The first-order valence-corrected chi connectivity index (χ1v) is 11.0. The molecule has 1 N–H and O–H groups in total. The largest absolute Gasteiger partial charge is 0.462 e. The number of benzene rings is 2. The van der Waals surface area contributed by atoms with E-state index in [1.54, 1.807) is 13.0 Å². The average molecular weight is 483 g/mol. The van der Waals surface area contributed by atoms with Crippen LogP contribution >= 0.6 is 0 Å². The van der Waals surface area contributed by atoms with E-state index in [0.717, 1.165) is 0 Å². The number of nitrogens with zero attached hydrogens (tertiary/aromatic N) is 2. The van der Waals surface area contributed by atoms with Gasteiger partial charge in [0.15, 0.2) is 6.61 Å². The number of esters is 2. The molecular weight excluding hydrogens is 458 g/mol. The summed E-state index contributed by atoms with van der Waals surface area (Å²) in [6.45, 7) is 3.24. The number of carbonyl (C=O) groups is 4. The number of nitro benzene ring substituents is 1. The van der Waals surface area contributed by atoms with Crippen molar-refractivity contribution in [3.05, 3.63) is 63.7 Å². The summed E-state index contributed by atoms with van der Waals surface area (Å²) in [6.07, 6.45) is 0.581. The summed E-state index contributed by atoms with van der Waals surface area (Å²) in [4.78, 5) is 60.7. The van der Waals surface area contributed by atoms with Gasteiger partial charge in [-0.2, -0.15) is 0 Å². The number of rotatable bonds is 9. The highest BCUT2D eigenvalue weighted by Gasteiger charge is 2.37. The second-order valence-corrected chi connectivity index (χ2v) is 8.00. The van der Waals surface area contributed by atoms with Crippen molar-refractivity contribution in [2.75, 3.05) is 30.0 Å². The van der Waals surface area contributed by atoms with Crippen LogP contribution in [0.2, 0.25) is 0 Å². The van der Waals surface area contributed by atoms with Gasteiger partial charge in [0.25, 0.3) is 11.6 Å². The van der Waals surface area contributed by atoms with Crippen molar-refractivity contribution in [3.8, 4) is 0 Å². The molecule has 0 aliphatic carbocycles. The van der Waals surface area contributed by atoms with Gasteiger partial charge in [-0.1, -0.05) is 13.0 Å². The first kappa shape index (κ1) is 25.3. The highest BCUT2D eigenvalue weighted by molar-refractivity contribution is 6.00. The molecule has 1 aliphatic rings. The molecule has 1 saturated heterocycles. The Morgan fingerprint density at radius 1 is 1.14 bits per heavy atom. The molecule has 0 aromatic heterocycles. The maximum atomic E-state index is 12.4. The molecule has 11 heteroatoms. The highest BCUT2D eigenvalue weighted by atomic mass is 16.6. The third-order valence-electron chi connectivity index (χ3n) is 5.35. The molecule has 2 aromatic rings. The van der Waals surface area contributed by atoms with Gasteiger partial charge in [0.1, 0.15) is 0 Å². The van der Waals surface area contributed by atoms with Gasteiger partial charge in [0.05, 0.1) is 28.7 Å². The van der Waals surface area contributed by atoms with Gasteiger partial charge >= 0.3 is 11.9 Å². The minimum atomic E-state index is -0.802. The number of anilines is 2. The lowest BCUT2D eigenvalue weighted by Crippen LogP contribution is -2.28. The van der Waals surface area contributed by atoms with Crippen LogP contribution in [0.4, 0.5) is 17.1 Å². The average Bonchev–Trinajstić information content (AvgIpc) is 3.23. The van der Waals surface area contributed by atoms with E-state index in [4.69, 9.17) is 9.47 Å². The molecule has 11 nitrogen and oxygen atoms in total. The van der Waals surface area contributed by atoms with Crippen LogP contribution in [0.5, 0.6) is 0 Å². The second-order valence-electron chi connectivity index (χ2n) is 8.00. The summed E-state index contributed by atoms with van der Waals surface area (Å²) in [5.74, 6) is -2.93. The second kappa shape index (κ2) is 11.2. The number of hydrogen-bond donors (Lipinski definition) is 1. The van der Waals surface area contributed by atoms with Crippen LogP contribution in [0.15, 0.2) is 42.5 Å². The lowest BCUT2D eigenvalue weighted by atomic mass is 10.1. The van der Waals surface area contributed by atoms with Crippen LogP contribution in [-0.4, -0.2) is 48.4 Å². The summed E-state index contributed by atoms with van der Waals surface area (Å²) in [7, 11) is 0. The molecule has 0 spiro atoms. The topological polar surface area (TPSA) is 145 Å². The highest BCUT2D eigenvalue weighted by Crippen LogP contribution is 2.30. The van der Waals surface area contributed by atoms with Crippen molar-refractivity contribution in [3.63, 3.8) is 0 Å². The standard InChI is InChI=1S/C24H25N3O8/c1-3-10-34-23(30)16-5-7-18(8-6-16)25-21(28)14-35-24(31)17-11-22(29)26(13-17)19-9-4-15(2)20(12-19)27(32)33/h4-9,12,17H,3,10-11,13-14H2,1-2H3,(H,25,28)/t17-/m0/s1. The van der Waals surface area contributed by atoms with Gasteiger partial charge in [-0.25, -0.2) is 4.79 Å². The third-order valence-corrected chi connectivity index (χ3v) is 5.35. The first-order valence-electron chi connectivity index (χ1n) is 11.0. The molecule has 0 bridgehead atoms. The fourth-order valence-corrected chi connectivity index (χ4v) is 3.50. The monoisotopic (exact) mass is 483 g/mol. The van der Waals surface area contributed by atoms with E-state index < -0.39 is 35.3 Å². The summed E-state index contributed by atoms with van der Waals surface area (Å²) in [5, 5.41) is 13.7. The first-order chi connectivity index (χ1) is 16.7. The van der Waals surface area contributed by atoms with Gasteiger partial charge in [0.2, 0.25) is 5.91 Å². The lowest BCUT2D eigenvalue weighted by Gasteiger charge is -2.16. The molecule has 35 heavy (non-hydrogen) atoms.